The van der Waals surface area contributed by atoms with Crippen molar-refractivity contribution in [3.05, 3.63) is 48.3 Å². The van der Waals surface area contributed by atoms with Crippen LogP contribution in [0.2, 0.25) is 0 Å². The van der Waals surface area contributed by atoms with Crippen molar-refractivity contribution in [3.63, 3.8) is 0 Å². The molecule has 1 saturated heterocycles. The number of benzene rings is 2. The number of piperidine rings is 1. The molecule has 2 heterocycles. The van der Waals surface area contributed by atoms with E-state index < -0.39 is 27.7 Å². The molecule has 1 N–H and O–H groups in total. The van der Waals surface area contributed by atoms with E-state index in [0.717, 1.165) is 0 Å². The number of anilines is 1. The summed E-state index contributed by atoms with van der Waals surface area (Å²) in [5, 5.41) is 9.90. The van der Waals surface area contributed by atoms with E-state index in [9.17, 15) is 17.6 Å². The predicted molar refractivity (Wildman–Crippen MR) is 98.3 cm³/mol. The molecule has 4 rings (SSSR count). The molecule has 0 saturated carbocycles. The maximum absolute atomic E-state index is 13.8. The van der Waals surface area contributed by atoms with Gasteiger partial charge in [-0.1, -0.05) is 18.2 Å². The maximum Gasteiger partial charge on any atom is 0.245 e. The van der Waals surface area contributed by atoms with Crippen LogP contribution in [0.15, 0.2) is 52.0 Å². The van der Waals surface area contributed by atoms with Crippen molar-refractivity contribution in [1.82, 2.24) is 14.6 Å². The molecular formula is C18H17FN4O4S. The normalized spacial score (nSPS) is 18.2. The highest BCUT2D eigenvalue weighted by Crippen LogP contribution is 2.28. The first-order chi connectivity index (χ1) is 13.5. The van der Waals surface area contributed by atoms with Crippen LogP contribution in [0, 0.1) is 11.7 Å². The second-order valence-corrected chi connectivity index (χ2v) is 8.47. The third-order valence-corrected chi connectivity index (χ3v) is 6.65. The summed E-state index contributed by atoms with van der Waals surface area (Å²) in [5.74, 6) is -1.54. The molecule has 1 amide bonds. The molecular weight excluding hydrogens is 387 g/mol. The van der Waals surface area contributed by atoms with Gasteiger partial charge in [0.05, 0.1) is 11.6 Å². The molecule has 0 bridgehead atoms. The second-order valence-electron chi connectivity index (χ2n) is 6.56. The molecule has 146 valence electrons. The first kappa shape index (κ1) is 18.5. The lowest BCUT2D eigenvalue weighted by atomic mass is 9.98. The van der Waals surface area contributed by atoms with Crippen LogP contribution in [-0.2, 0) is 14.8 Å². The highest BCUT2D eigenvalue weighted by Gasteiger charge is 2.35. The van der Waals surface area contributed by atoms with Crippen molar-refractivity contribution < 1.29 is 22.2 Å². The van der Waals surface area contributed by atoms with Crippen molar-refractivity contribution >= 4 is 32.7 Å². The van der Waals surface area contributed by atoms with E-state index in [1.807, 2.05) is 0 Å². The average molecular weight is 404 g/mol. The number of para-hydroxylation sites is 1. The highest BCUT2D eigenvalue weighted by molar-refractivity contribution is 7.89. The van der Waals surface area contributed by atoms with Gasteiger partial charge in [-0.05, 0) is 47.4 Å². The fraction of sp³-hybridized carbons (Fsp3) is 0.278. The maximum atomic E-state index is 13.8. The number of aromatic nitrogens is 2. The Balaban J connectivity index is 1.55. The molecule has 8 nitrogen and oxygen atoms in total. The lowest BCUT2D eigenvalue weighted by Gasteiger charge is -2.31. The monoisotopic (exact) mass is 404 g/mol. The van der Waals surface area contributed by atoms with Gasteiger partial charge in [-0.25, -0.2) is 17.4 Å². The number of nitrogens with zero attached hydrogens (tertiary/aromatic N) is 3. The minimum absolute atomic E-state index is 0.00425. The topological polar surface area (TPSA) is 105 Å². The number of nitrogens with one attached hydrogen (secondary N) is 1. The Hall–Kier alpha value is -2.85. The van der Waals surface area contributed by atoms with Gasteiger partial charge in [0.2, 0.25) is 15.9 Å². The number of carbonyl (C=O) groups is 1. The van der Waals surface area contributed by atoms with Crippen LogP contribution in [0.25, 0.3) is 11.0 Å². The van der Waals surface area contributed by atoms with E-state index >= 15 is 0 Å². The Labute approximate surface area is 160 Å². The smallest absolute Gasteiger partial charge is 0.245 e. The standard InChI is InChI=1S/C18H17FN4O4S/c19-13-6-1-2-7-14(13)20-18(24)12-5-4-10-23(11-12)28(25,26)16-9-3-8-15-17(16)22-27-21-15/h1-3,6-9,12H,4-5,10-11H2,(H,20,24). The third kappa shape index (κ3) is 3.36. The average Bonchev–Trinajstić information content (AvgIpc) is 3.18. The van der Waals surface area contributed by atoms with E-state index in [2.05, 4.69) is 20.3 Å². The molecule has 1 aliphatic rings. The first-order valence-corrected chi connectivity index (χ1v) is 10.2. The first-order valence-electron chi connectivity index (χ1n) is 8.73. The van der Waals surface area contributed by atoms with Crippen LogP contribution in [0.1, 0.15) is 12.8 Å². The Morgan fingerprint density at radius 2 is 2.00 bits per heavy atom. The Kier molecular flexibility index (Phi) is 4.82. The van der Waals surface area contributed by atoms with Gasteiger partial charge in [-0.3, -0.25) is 4.79 Å². The van der Waals surface area contributed by atoms with Crippen molar-refractivity contribution in [1.29, 1.82) is 0 Å². The van der Waals surface area contributed by atoms with Gasteiger partial charge in [0.1, 0.15) is 16.2 Å². The summed E-state index contributed by atoms with van der Waals surface area (Å²) in [6, 6.07) is 10.5. The van der Waals surface area contributed by atoms with E-state index in [1.165, 1.54) is 28.6 Å². The Morgan fingerprint density at radius 1 is 1.18 bits per heavy atom. The molecule has 0 radical (unpaired) electrons. The molecule has 0 spiro atoms. The van der Waals surface area contributed by atoms with Gasteiger partial charge in [-0.15, -0.1) is 0 Å². The molecule has 0 aliphatic carbocycles. The minimum Gasteiger partial charge on any atom is -0.323 e. The number of carbonyl (C=O) groups excluding carboxylic acids is 1. The van der Waals surface area contributed by atoms with E-state index in [4.69, 9.17) is 0 Å². The van der Waals surface area contributed by atoms with Crippen LogP contribution >= 0.6 is 0 Å². The summed E-state index contributed by atoms with van der Waals surface area (Å²) in [6.07, 6.45) is 1.03. The number of halogens is 1. The van der Waals surface area contributed by atoms with Crippen molar-refractivity contribution in [2.75, 3.05) is 18.4 Å². The van der Waals surface area contributed by atoms with Gasteiger partial charge in [-0.2, -0.15) is 4.31 Å². The van der Waals surface area contributed by atoms with Crippen LogP contribution < -0.4 is 5.32 Å². The summed E-state index contributed by atoms with van der Waals surface area (Å²) < 4.78 is 45.9. The molecule has 28 heavy (non-hydrogen) atoms. The van der Waals surface area contributed by atoms with Crippen LogP contribution in [0.4, 0.5) is 10.1 Å². The number of amides is 1. The summed E-state index contributed by atoms with van der Waals surface area (Å²) in [4.78, 5) is 12.6. The quantitative estimate of drug-likeness (QED) is 0.716. The predicted octanol–water partition coefficient (Wildman–Crippen LogP) is 2.40. The van der Waals surface area contributed by atoms with Gasteiger partial charge in [0.15, 0.2) is 5.52 Å². The number of sulfonamides is 1. The SMILES string of the molecule is O=C(Nc1ccccc1F)C1CCCN(S(=O)(=O)c2cccc3nonc23)C1. The zero-order valence-corrected chi connectivity index (χ0v) is 15.5. The van der Waals surface area contributed by atoms with E-state index in [0.29, 0.717) is 18.4 Å². The number of hydrogen-bond donors (Lipinski definition) is 1. The Bertz CT molecular complexity index is 1130. The van der Waals surface area contributed by atoms with E-state index in [1.54, 1.807) is 18.2 Å². The second kappa shape index (κ2) is 7.28. The number of hydrogen-bond acceptors (Lipinski definition) is 6. The minimum atomic E-state index is -3.89. The Morgan fingerprint density at radius 3 is 2.82 bits per heavy atom. The number of rotatable bonds is 4. The van der Waals surface area contributed by atoms with Crippen molar-refractivity contribution in [3.8, 4) is 0 Å². The highest BCUT2D eigenvalue weighted by atomic mass is 32.2. The molecule has 1 atom stereocenters. The third-order valence-electron chi connectivity index (χ3n) is 4.75. The summed E-state index contributed by atoms with van der Waals surface area (Å²) in [5.41, 5.74) is 0.568. The van der Waals surface area contributed by atoms with Crippen molar-refractivity contribution in [2.24, 2.45) is 5.92 Å². The van der Waals surface area contributed by atoms with Crippen LogP contribution in [0.3, 0.4) is 0 Å². The van der Waals surface area contributed by atoms with E-state index in [-0.39, 0.29) is 29.2 Å². The van der Waals surface area contributed by atoms with Crippen LogP contribution in [-0.4, -0.2) is 42.0 Å². The lowest BCUT2D eigenvalue weighted by molar-refractivity contribution is -0.120. The summed E-state index contributed by atoms with van der Waals surface area (Å²) in [6.45, 7) is 0.289. The fourth-order valence-electron chi connectivity index (χ4n) is 3.30. The summed E-state index contributed by atoms with van der Waals surface area (Å²) in [7, 11) is -3.89. The van der Waals surface area contributed by atoms with Gasteiger partial charge >= 0.3 is 0 Å². The molecule has 1 fully saturated rings. The molecule has 1 unspecified atom stereocenters. The molecule has 1 aliphatic heterocycles. The zero-order valence-electron chi connectivity index (χ0n) is 14.7. The summed E-state index contributed by atoms with van der Waals surface area (Å²) >= 11 is 0. The van der Waals surface area contributed by atoms with Crippen LogP contribution in [0.5, 0.6) is 0 Å². The van der Waals surface area contributed by atoms with Gasteiger partial charge < -0.3 is 5.32 Å². The largest absolute Gasteiger partial charge is 0.323 e. The lowest BCUT2D eigenvalue weighted by Crippen LogP contribution is -2.43. The molecule has 1 aromatic heterocycles. The fourth-order valence-corrected chi connectivity index (χ4v) is 4.96. The zero-order chi connectivity index (χ0) is 19.7. The van der Waals surface area contributed by atoms with Crippen molar-refractivity contribution in [2.45, 2.75) is 17.7 Å². The number of fused-ring (bicyclic) bond motifs is 1. The van der Waals surface area contributed by atoms with Gasteiger partial charge in [0.25, 0.3) is 0 Å². The molecule has 3 aromatic rings. The molecule has 2 aromatic carbocycles. The van der Waals surface area contributed by atoms with Gasteiger partial charge in [0, 0.05) is 13.1 Å². The molecule has 10 heteroatoms.